The highest BCUT2D eigenvalue weighted by Gasteiger charge is 2.26. The zero-order valence-electron chi connectivity index (χ0n) is 28.5. The highest BCUT2D eigenvalue weighted by Crippen LogP contribution is 2.46. The SMILES string of the molecule is Nc1ccc2c(O)c(N=Nc3ccc(S(=O)(=O)CCOS(=O)(=O)O)cc3S(=O)(=O)O)c(S(=O)(=O)O)cc2c1N=Nc1cc(Nc2cc(F)nc(F)n2)ccc1S(=O)(=O)O. The van der Waals surface area contributed by atoms with Crippen LogP contribution in [0.25, 0.3) is 10.8 Å². The number of aromatic nitrogens is 2. The number of phenols is 1. The van der Waals surface area contributed by atoms with E-state index < -0.39 is 134 Å². The van der Waals surface area contributed by atoms with Gasteiger partial charge in [0.05, 0.1) is 22.9 Å². The number of fused-ring (bicyclic) bond motifs is 1. The zero-order valence-corrected chi connectivity index (χ0v) is 32.6. The van der Waals surface area contributed by atoms with Crippen LogP contribution < -0.4 is 11.1 Å². The summed E-state index contributed by atoms with van der Waals surface area (Å²) in [6.45, 7) is -1.11. The molecule has 24 nitrogen and oxygen atoms in total. The van der Waals surface area contributed by atoms with Crippen LogP contribution in [0.3, 0.4) is 0 Å². The molecule has 0 radical (unpaired) electrons. The molecule has 1 aromatic heterocycles. The van der Waals surface area contributed by atoms with Crippen LogP contribution in [0.15, 0.2) is 101 Å². The molecule has 4 aromatic carbocycles. The number of nitrogens with zero attached hydrogens (tertiary/aromatic N) is 6. The van der Waals surface area contributed by atoms with E-state index in [-0.39, 0.29) is 16.8 Å². The van der Waals surface area contributed by atoms with Crippen molar-refractivity contribution in [2.24, 2.45) is 20.5 Å². The van der Waals surface area contributed by atoms with Crippen LogP contribution in [0.1, 0.15) is 0 Å². The van der Waals surface area contributed by atoms with Crippen LogP contribution in [0.5, 0.6) is 5.75 Å². The molecule has 0 amide bonds. The van der Waals surface area contributed by atoms with Gasteiger partial charge >= 0.3 is 16.5 Å². The van der Waals surface area contributed by atoms with Gasteiger partial charge in [0.2, 0.25) is 5.95 Å². The van der Waals surface area contributed by atoms with Crippen LogP contribution in [0, 0.1) is 12.0 Å². The van der Waals surface area contributed by atoms with Crippen molar-refractivity contribution < 1.29 is 78.4 Å². The van der Waals surface area contributed by atoms with E-state index in [9.17, 15) is 69.6 Å². The van der Waals surface area contributed by atoms with E-state index in [2.05, 4.69) is 39.9 Å². The number of hydrogen-bond acceptors (Lipinski definition) is 20. The summed E-state index contributed by atoms with van der Waals surface area (Å²) in [6.07, 6.45) is -1.46. The number of phenolic OH excluding ortho intramolecular Hbond substituents is 1. The third-order valence-electron chi connectivity index (χ3n) is 7.36. The summed E-state index contributed by atoms with van der Waals surface area (Å²) in [5.41, 5.74) is 2.52. The van der Waals surface area contributed by atoms with Gasteiger partial charge in [-0.15, -0.1) is 20.5 Å². The highest BCUT2D eigenvalue weighted by molar-refractivity contribution is 7.91. The molecule has 0 aliphatic rings. The molecule has 1 heterocycles. The number of benzene rings is 4. The van der Waals surface area contributed by atoms with Gasteiger partial charge in [-0.25, -0.2) is 12.6 Å². The fourth-order valence-corrected chi connectivity index (χ4v) is 8.36. The van der Waals surface area contributed by atoms with E-state index in [0.717, 1.165) is 30.3 Å². The number of aromatic hydroxyl groups is 1. The first-order valence-corrected chi connectivity index (χ1v) is 22.4. The van der Waals surface area contributed by atoms with E-state index >= 15 is 0 Å². The minimum atomic E-state index is -5.43. The van der Waals surface area contributed by atoms with Crippen LogP contribution in [-0.4, -0.2) is 87.7 Å². The lowest BCUT2D eigenvalue weighted by atomic mass is 10.1. The lowest BCUT2D eigenvalue weighted by molar-refractivity contribution is 0.284. The average Bonchev–Trinajstić information content (AvgIpc) is 3.08. The van der Waals surface area contributed by atoms with Crippen molar-refractivity contribution in [3.05, 3.63) is 72.7 Å². The summed E-state index contributed by atoms with van der Waals surface area (Å²) in [4.78, 5) is 1.97. The van der Waals surface area contributed by atoms with Gasteiger partial charge in [-0.3, -0.25) is 18.2 Å². The van der Waals surface area contributed by atoms with Crippen molar-refractivity contribution in [1.82, 2.24) is 9.97 Å². The first-order valence-electron chi connectivity index (χ1n) is 15.1. The lowest BCUT2D eigenvalue weighted by Gasteiger charge is -2.12. The van der Waals surface area contributed by atoms with E-state index in [1.165, 1.54) is 0 Å². The third kappa shape index (κ3) is 10.7. The average molecular weight is 925 g/mol. The molecule has 0 aliphatic heterocycles. The fraction of sp³-hybridized carbons (Fsp3) is 0.0714. The summed E-state index contributed by atoms with van der Waals surface area (Å²) in [7, 11) is -25.5. The molecule has 31 heteroatoms. The molecule has 0 unspecified atom stereocenters. The first-order chi connectivity index (χ1) is 27.1. The number of nitrogens with one attached hydrogen (secondary N) is 1. The maximum atomic E-state index is 13.6. The van der Waals surface area contributed by atoms with Crippen molar-refractivity contribution in [1.29, 1.82) is 0 Å². The molecule has 0 saturated heterocycles. The summed E-state index contributed by atoms with van der Waals surface area (Å²) in [6, 6.07) is 7.99. The highest BCUT2D eigenvalue weighted by atomic mass is 32.3. The number of anilines is 3. The first kappa shape index (κ1) is 44.3. The molecule has 5 rings (SSSR count). The van der Waals surface area contributed by atoms with Gasteiger partial charge in [-0.1, -0.05) is 0 Å². The summed E-state index contributed by atoms with van der Waals surface area (Å²) in [5.74, 6) is -3.92. The summed E-state index contributed by atoms with van der Waals surface area (Å²) in [5, 5.41) is 27.6. The van der Waals surface area contributed by atoms with Crippen molar-refractivity contribution in [3.8, 4) is 5.75 Å². The number of nitrogen functional groups attached to an aromatic ring is 1. The molecule has 59 heavy (non-hydrogen) atoms. The minimum Gasteiger partial charge on any atom is -0.505 e. The Morgan fingerprint density at radius 1 is 0.661 bits per heavy atom. The van der Waals surface area contributed by atoms with Crippen molar-refractivity contribution in [2.45, 2.75) is 19.6 Å². The van der Waals surface area contributed by atoms with Crippen LogP contribution in [-0.2, 0) is 54.8 Å². The van der Waals surface area contributed by atoms with Gasteiger partial charge in [0, 0.05) is 22.5 Å². The Balaban J connectivity index is 1.62. The number of azo groups is 2. The van der Waals surface area contributed by atoms with E-state index in [0.29, 0.717) is 30.3 Å². The zero-order chi connectivity index (χ0) is 43.9. The normalized spacial score (nSPS) is 13.1. The fourth-order valence-electron chi connectivity index (χ4n) is 4.87. The second-order valence-corrected chi connectivity index (χ2v) is 18.7. The van der Waals surface area contributed by atoms with Gasteiger partial charge < -0.3 is 16.2 Å². The Morgan fingerprint density at radius 3 is 1.90 bits per heavy atom. The van der Waals surface area contributed by atoms with Gasteiger partial charge in [0.1, 0.15) is 43.3 Å². The Kier molecular flexibility index (Phi) is 12.1. The molecule has 5 aromatic rings. The van der Waals surface area contributed by atoms with Crippen LogP contribution >= 0.6 is 0 Å². The van der Waals surface area contributed by atoms with Crippen LogP contribution in [0.2, 0.25) is 0 Å². The molecule has 0 aliphatic carbocycles. The van der Waals surface area contributed by atoms with Gasteiger partial charge in [-0.2, -0.15) is 52.4 Å². The number of halogens is 2. The molecule has 0 fully saturated rings. The molecule has 0 saturated carbocycles. The Labute approximate surface area is 330 Å². The van der Waals surface area contributed by atoms with Crippen LogP contribution in [0.4, 0.5) is 48.7 Å². The number of rotatable bonds is 14. The predicted octanol–water partition coefficient (Wildman–Crippen LogP) is 4.10. The minimum absolute atomic E-state index is 0.116. The van der Waals surface area contributed by atoms with Gasteiger partial charge in [-0.05, 0) is 54.6 Å². The standard InChI is InChI=1S/C28H22F2N8O16S5/c29-23-12-24(34-28(30)33-23)32-13-1-6-20(56(42,43)44)19(9-13)36-37-25-16-11-22(58(48,49)50)26(27(39)15(16)3-4-17(25)31)38-35-18-5-2-14(10-21(18)57(45,46)47)55(40,41)8-7-54-59(51,52)53/h1-6,9-12,39H,7-8,31H2,(H,32,33,34)(H,42,43,44)(H,45,46,47)(H,48,49,50)(H,51,52,53). The molecule has 0 atom stereocenters. The van der Waals surface area contributed by atoms with Gasteiger partial charge in [0.15, 0.2) is 15.6 Å². The van der Waals surface area contributed by atoms with E-state index in [1.807, 2.05) is 0 Å². The molecular formula is C28H22F2N8O16S5. The quantitative estimate of drug-likeness (QED) is 0.0271. The Bertz CT molecular complexity index is 3170. The maximum absolute atomic E-state index is 13.6. The van der Waals surface area contributed by atoms with Crippen molar-refractivity contribution in [3.63, 3.8) is 0 Å². The van der Waals surface area contributed by atoms with E-state index in [4.69, 9.17) is 10.3 Å². The van der Waals surface area contributed by atoms with Crippen molar-refractivity contribution >= 4 is 101 Å². The predicted molar refractivity (Wildman–Crippen MR) is 195 cm³/mol. The second-order valence-electron chi connectivity index (χ2n) is 11.3. The van der Waals surface area contributed by atoms with Gasteiger partial charge in [0.25, 0.3) is 30.4 Å². The molecule has 0 bridgehead atoms. The maximum Gasteiger partial charge on any atom is 0.397 e. The lowest BCUT2D eigenvalue weighted by Crippen LogP contribution is -2.16. The number of hydrogen-bond donors (Lipinski definition) is 7. The summed E-state index contributed by atoms with van der Waals surface area (Å²) < 4.78 is 190. The number of nitrogens with two attached hydrogens (primary N) is 1. The molecule has 0 spiro atoms. The van der Waals surface area contributed by atoms with E-state index in [1.54, 1.807) is 0 Å². The smallest absolute Gasteiger partial charge is 0.397 e. The third-order valence-corrected chi connectivity index (χ3v) is 12.2. The molecule has 314 valence electrons. The molecular weight excluding hydrogens is 903 g/mol. The largest absolute Gasteiger partial charge is 0.505 e. The Morgan fingerprint density at radius 2 is 1.29 bits per heavy atom. The Hall–Kier alpha value is -5.77. The molecule has 8 N–H and O–H groups in total. The second kappa shape index (κ2) is 16.1. The topological polar surface area (TPSA) is 394 Å². The van der Waals surface area contributed by atoms with Crippen molar-refractivity contribution in [2.75, 3.05) is 23.4 Å². The number of sulfone groups is 1. The summed E-state index contributed by atoms with van der Waals surface area (Å²) >= 11 is 0. The monoisotopic (exact) mass is 924 g/mol.